The summed E-state index contributed by atoms with van der Waals surface area (Å²) >= 11 is 0. The van der Waals surface area contributed by atoms with Crippen LogP contribution in [-0.2, 0) is 117 Å². The second kappa shape index (κ2) is 83.0. The van der Waals surface area contributed by atoms with Crippen molar-refractivity contribution in [3.05, 3.63) is 107 Å². The lowest BCUT2D eigenvalue weighted by Crippen LogP contribution is -2.10. The highest BCUT2D eigenvalue weighted by Crippen LogP contribution is 2.21. The highest BCUT2D eigenvalue weighted by molar-refractivity contribution is 5.00. The first kappa shape index (κ1) is 135. The van der Waals surface area contributed by atoms with Crippen LogP contribution in [0, 0.1) is 107 Å². The van der Waals surface area contributed by atoms with Crippen LogP contribution in [0.2, 0.25) is 0 Å². The third-order valence-electron chi connectivity index (χ3n) is 24.7. The Morgan fingerprint density at radius 1 is 0.166 bits per heavy atom. The van der Waals surface area contributed by atoms with Crippen LogP contribution in [0.15, 0.2) is 55.8 Å². The topological polar surface area (TPSA) is 276 Å². The SMILES string of the molecule is CC(C)CCCCc1cn(CC(C)C)nn1.CC(C)CCCCc1cnnn1CC(C)C.CC(C)CCCCc1cnnn1CCC(C)C.CC(C)CCCCc1cnnn1CCCC(C)C.CC(C)CCCCn1cc(CC(C)C)nn1.CC(C)CCCCn1nncc1CC(C)C.CC(C)CCCc1cnnn1CCC(C)C.CC(C)CCCn1cc(CC(C)C)nn1.CC(C)CCc1cn(CCC(C)C)nn1. The van der Waals surface area contributed by atoms with E-state index in [0.717, 1.165) is 216 Å². The molecule has 0 aliphatic carbocycles. The minimum atomic E-state index is 0.635. The second-order valence-corrected chi connectivity index (χ2v) is 49.3. The summed E-state index contributed by atoms with van der Waals surface area (Å²) in [6.45, 7) is 90.1. The van der Waals surface area contributed by atoms with E-state index in [2.05, 4.69) is 390 Å². The molecule has 0 bridgehead atoms. The molecule has 0 aromatic carbocycles. The molecule has 834 valence electrons. The summed E-state index contributed by atoms with van der Waals surface area (Å²) in [6.07, 6.45) is 63.1. The number of aromatic nitrogens is 27. The zero-order chi connectivity index (χ0) is 108. The zero-order valence-corrected chi connectivity index (χ0v) is 101. The monoisotopic (exact) mass is 2020 g/mol. The van der Waals surface area contributed by atoms with Crippen molar-refractivity contribution < 1.29 is 0 Å². The Bertz CT molecular complexity index is 4190. The third-order valence-corrected chi connectivity index (χ3v) is 24.7. The van der Waals surface area contributed by atoms with E-state index in [0.29, 0.717) is 29.6 Å². The van der Waals surface area contributed by atoms with Gasteiger partial charge < -0.3 is 0 Å². The highest BCUT2D eigenvalue weighted by Gasteiger charge is 2.15. The maximum atomic E-state index is 4.20. The highest BCUT2D eigenvalue weighted by atomic mass is 15.5. The van der Waals surface area contributed by atoms with Gasteiger partial charge >= 0.3 is 0 Å². The molecule has 27 heteroatoms. The van der Waals surface area contributed by atoms with E-state index >= 15 is 0 Å². The van der Waals surface area contributed by atoms with Crippen LogP contribution in [0.3, 0.4) is 0 Å². The van der Waals surface area contributed by atoms with E-state index in [1.54, 1.807) is 0 Å². The first-order valence-corrected chi connectivity index (χ1v) is 58.7. The molecule has 9 aromatic rings. The van der Waals surface area contributed by atoms with Gasteiger partial charge in [-0.25, -0.2) is 23.4 Å². The van der Waals surface area contributed by atoms with Gasteiger partial charge in [-0.15, -0.1) is 45.9 Å². The van der Waals surface area contributed by atoms with Gasteiger partial charge in [0, 0.05) is 83.7 Å². The van der Waals surface area contributed by atoms with Gasteiger partial charge in [0.25, 0.3) is 0 Å². The van der Waals surface area contributed by atoms with Gasteiger partial charge in [0.1, 0.15) is 0 Å². The minimum absolute atomic E-state index is 0.635. The minimum Gasteiger partial charge on any atom is -0.252 e. The number of hydrogen-bond donors (Lipinski definition) is 0. The Labute approximate surface area is 889 Å². The van der Waals surface area contributed by atoms with E-state index in [-0.39, 0.29) is 0 Å². The van der Waals surface area contributed by atoms with Crippen LogP contribution in [-0.4, -0.2) is 135 Å². The van der Waals surface area contributed by atoms with Crippen molar-refractivity contribution >= 4 is 0 Å². The molecule has 9 heterocycles. The molecule has 0 saturated heterocycles. The molecule has 9 rings (SSSR count). The standard InChI is InChI=1S/C15H29N3.C14H27N3.5C13H25N3.2C12H23N3/c1-13(2)8-5-6-10-15-12-16-17-18(15)11-7-9-14(3)4;1-12(2)7-5-6-8-14-11-15-16-17(14)10-9-13(3)4;1-11(2)6-5-7-13-10-14-15-16(13)9-8-12(3)4;1-11(2)7-5-6-8-13-9-14-15-16(13)10-12(3)4;1-11(2)7-5-6-8-16-10-13(14-15-16)9-12(3)4;1-11(2)7-5-6-8-16-13(9-12(3)4)10-14-15-16;1-11(2)7-5-6-8-13-10-16(15-14-13)9-12(3)4;1-10(2)5-6-12-9-15(14-13-12)8-7-11(3)4;1-10(2)6-5-7-15-9-12(13-14-15)8-11(3)4/h12-14H,5-11H2,1-4H3;11-13H,5-10H2,1-4H3;10-12H,5-9H2,1-4H3;9,11-12H,5-8,10H2,1-4H3;3*10-12H,5-9H2,1-4H3;2*9-11H,5-8H2,1-4H3. The molecule has 145 heavy (non-hydrogen) atoms. The molecule has 0 atom stereocenters. The van der Waals surface area contributed by atoms with Crippen LogP contribution < -0.4 is 0 Å². The molecule has 0 aliphatic rings. The average molecular weight is 2020 g/mol. The van der Waals surface area contributed by atoms with Gasteiger partial charge in [0.05, 0.1) is 82.2 Å². The lowest BCUT2D eigenvalue weighted by molar-refractivity contribution is 0.452. The number of aryl methyl sites for hydroxylation is 13. The van der Waals surface area contributed by atoms with Crippen molar-refractivity contribution in [2.75, 3.05) is 0 Å². The molecule has 0 saturated carbocycles. The third kappa shape index (κ3) is 77.3. The summed E-state index contributed by atoms with van der Waals surface area (Å²) in [5.74, 6) is 13.4. The fraction of sp³-hybridized carbons (Fsp3) is 0.847. The molecule has 0 N–H and O–H groups in total. The molecular formula is C118H227N27. The number of nitrogens with zero attached hydrogens (tertiary/aromatic N) is 27. The fourth-order valence-electron chi connectivity index (χ4n) is 16.1. The predicted molar refractivity (Wildman–Crippen MR) is 610 cm³/mol. The molecule has 0 aliphatic heterocycles. The number of hydrogen-bond acceptors (Lipinski definition) is 18. The molecule has 27 nitrogen and oxygen atoms in total. The summed E-state index contributed by atoms with van der Waals surface area (Å²) in [4.78, 5) is 0. The normalized spacial score (nSPS) is 11.6. The van der Waals surface area contributed by atoms with Crippen molar-refractivity contribution in [1.29, 1.82) is 0 Å². The Balaban J connectivity index is 0.000000816. The Kier molecular flexibility index (Phi) is 77.5. The summed E-state index contributed by atoms with van der Waals surface area (Å²) in [7, 11) is 0. The van der Waals surface area contributed by atoms with E-state index in [9.17, 15) is 0 Å². The molecule has 9 aromatic heterocycles. The lowest BCUT2D eigenvalue weighted by atomic mass is 10.0. The van der Waals surface area contributed by atoms with Crippen LogP contribution >= 0.6 is 0 Å². The number of unbranched alkanes of at least 4 members (excludes halogenated alkanes) is 6. The van der Waals surface area contributed by atoms with E-state index in [4.69, 9.17) is 0 Å². The average Bonchev–Trinajstić information content (AvgIpc) is 1.74. The van der Waals surface area contributed by atoms with Crippen molar-refractivity contribution in [3.63, 3.8) is 0 Å². The van der Waals surface area contributed by atoms with Crippen LogP contribution in [0.1, 0.15) is 480 Å². The van der Waals surface area contributed by atoms with Crippen LogP contribution in [0.25, 0.3) is 0 Å². The molecule has 0 unspecified atom stereocenters. The number of rotatable bonds is 64. The summed E-state index contributed by atoms with van der Waals surface area (Å²) in [5.41, 5.74) is 11.0. The fourth-order valence-corrected chi connectivity index (χ4v) is 16.1. The molecule has 0 radical (unpaired) electrons. The lowest BCUT2D eigenvalue weighted by Gasteiger charge is -2.08. The van der Waals surface area contributed by atoms with Gasteiger partial charge in [-0.1, -0.05) is 380 Å². The van der Waals surface area contributed by atoms with Crippen molar-refractivity contribution in [2.24, 2.45) is 107 Å². The van der Waals surface area contributed by atoms with Crippen LogP contribution in [0.4, 0.5) is 0 Å². The largest absolute Gasteiger partial charge is 0.252 e. The Morgan fingerprint density at radius 2 is 0.414 bits per heavy atom. The van der Waals surface area contributed by atoms with E-state index < -0.39 is 0 Å². The van der Waals surface area contributed by atoms with Gasteiger partial charge in [-0.05, 0) is 261 Å². The van der Waals surface area contributed by atoms with Crippen molar-refractivity contribution in [1.82, 2.24) is 135 Å². The zero-order valence-electron chi connectivity index (χ0n) is 101. The van der Waals surface area contributed by atoms with Crippen LogP contribution in [0.5, 0.6) is 0 Å². The van der Waals surface area contributed by atoms with Gasteiger partial charge in [-0.3, -0.25) is 18.7 Å². The smallest absolute Gasteiger partial charge is 0.0829 e. The maximum Gasteiger partial charge on any atom is 0.0829 e. The summed E-state index contributed by atoms with van der Waals surface area (Å²) in [5, 5.41) is 74.2. The first-order chi connectivity index (χ1) is 68.8. The quantitative estimate of drug-likeness (QED) is 0.0320. The predicted octanol–water partition coefficient (Wildman–Crippen LogP) is 30.1. The molecule has 0 fully saturated rings. The van der Waals surface area contributed by atoms with Gasteiger partial charge in [-0.2, -0.15) is 0 Å². The maximum absolute atomic E-state index is 4.20. The summed E-state index contributed by atoms with van der Waals surface area (Å²) < 4.78 is 18.3. The van der Waals surface area contributed by atoms with E-state index in [1.807, 2.05) is 49.7 Å². The molecule has 0 spiro atoms. The van der Waals surface area contributed by atoms with Crippen molar-refractivity contribution in [3.8, 4) is 0 Å². The van der Waals surface area contributed by atoms with E-state index in [1.165, 1.54) is 208 Å². The van der Waals surface area contributed by atoms with Gasteiger partial charge in [0.2, 0.25) is 0 Å². The first-order valence-electron chi connectivity index (χ1n) is 58.7. The van der Waals surface area contributed by atoms with Gasteiger partial charge in [0.15, 0.2) is 0 Å². The molecule has 0 amide bonds. The Morgan fingerprint density at radius 3 is 0.786 bits per heavy atom. The Hall–Kier alpha value is -7.74. The second-order valence-electron chi connectivity index (χ2n) is 49.3. The summed E-state index contributed by atoms with van der Waals surface area (Å²) in [6, 6.07) is 0. The molecular weight excluding hydrogens is 1800 g/mol. The van der Waals surface area contributed by atoms with Crippen molar-refractivity contribution in [2.45, 2.75) is 546 Å².